The number of halogens is 1. The van der Waals surface area contributed by atoms with Crippen molar-refractivity contribution >= 4 is 34.7 Å². The third-order valence-corrected chi connectivity index (χ3v) is 7.57. The number of fused-ring (bicyclic) bond motifs is 2. The molecule has 0 bridgehead atoms. The molecule has 10 nitrogen and oxygen atoms in total. The highest BCUT2D eigenvalue weighted by Gasteiger charge is 2.24. The number of aromatic hydroxyl groups is 1. The number of phenolic OH excluding ortho intramolecular Hbond substituents is 1. The zero-order chi connectivity index (χ0) is 30.5. The monoisotopic (exact) mass is 607 g/mol. The maximum atomic E-state index is 10.1. The minimum Gasteiger partial charge on any atom is -0.508 e. The van der Waals surface area contributed by atoms with Crippen LogP contribution in [-0.4, -0.2) is 62.9 Å². The quantitative estimate of drug-likeness (QED) is 0.193. The Morgan fingerprint density at radius 1 is 1.05 bits per heavy atom. The molecule has 1 aliphatic heterocycles. The van der Waals surface area contributed by atoms with Crippen LogP contribution in [0.2, 0.25) is 5.02 Å². The second kappa shape index (κ2) is 13.1. The van der Waals surface area contributed by atoms with E-state index in [2.05, 4.69) is 32.9 Å². The van der Waals surface area contributed by atoms with Gasteiger partial charge in [-0.25, -0.2) is 14.6 Å². The van der Waals surface area contributed by atoms with E-state index in [0.29, 0.717) is 66.0 Å². The number of anilines is 1. The first-order valence-electron chi connectivity index (χ1n) is 14.0. The van der Waals surface area contributed by atoms with Crippen molar-refractivity contribution in [2.75, 3.05) is 32.7 Å². The number of nitrogens with zero attached hydrogens (tertiary/aromatic N) is 6. The van der Waals surface area contributed by atoms with Crippen molar-refractivity contribution in [2.24, 2.45) is 4.99 Å². The Morgan fingerprint density at radius 3 is 2.75 bits per heavy atom. The first-order valence-corrected chi connectivity index (χ1v) is 14.4. The highest BCUT2D eigenvalue weighted by molar-refractivity contribution is 6.31. The number of benzene rings is 3. The van der Waals surface area contributed by atoms with Gasteiger partial charge in [-0.3, -0.25) is 4.99 Å². The second-order valence-electron chi connectivity index (χ2n) is 10.1. The fourth-order valence-corrected chi connectivity index (χ4v) is 5.28. The number of nitrogen functional groups attached to an aromatic ring is 1. The summed E-state index contributed by atoms with van der Waals surface area (Å²) in [5.74, 6) is 6.76. The topological polar surface area (TPSA) is 124 Å². The van der Waals surface area contributed by atoms with Crippen molar-refractivity contribution in [3.8, 4) is 28.8 Å². The molecule has 6 rings (SSSR count). The van der Waals surface area contributed by atoms with Crippen LogP contribution in [-0.2, 0) is 22.6 Å². The molecule has 1 unspecified atom stereocenters. The number of ether oxygens (including phenoxy) is 2. The van der Waals surface area contributed by atoms with Gasteiger partial charge in [-0.15, -0.1) is 0 Å². The van der Waals surface area contributed by atoms with Crippen molar-refractivity contribution in [3.63, 3.8) is 0 Å². The van der Waals surface area contributed by atoms with Gasteiger partial charge in [-0.05, 0) is 35.9 Å². The van der Waals surface area contributed by atoms with Crippen LogP contribution in [0.1, 0.15) is 11.1 Å². The Morgan fingerprint density at radius 2 is 1.91 bits per heavy atom. The molecular formula is C33H30ClN7O3. The zero-order valence-corrected chi connectivity index (χ0v) is 24.8. The molecule has 0 saturated heterocycles. The average Bonchev–Trinajstić information content (AvgIpc) is 3.40. The summed E-state index contributed by atoms with van der Waals surface area (Å²) in [7, 11) is 1.64. The summed E-state index contributed by atoms with van der Waals surface area (Å²) in [5, 5.41) is 18.1. The Labute approximate surface area is 259 Å². The van der Waals surface area contributed by atoms with E-state index in [-0.39, 0.29) is 11.9 Å². The van der Waals surface area contributed by atoms with Gasteiger partial charge >= 0.3 is 0 Å². The SMILES string of the molecule is COCCOCC#Cc1cccc2c1=CN(Cc1ccccc1Cl)C(Cn1nc(-c3cccc(O)c3)c3c(N)ncnc31)N=2. The van der Waals surface area contributed by atoms with Crippen molar-refractivity contribution in [1.82, 2.24) is 24.6 Å². The number of nitrogens with two attached hydrogens (primary N) is 1. The third-order valence-electron chi connectivity index (χ3n) is 7.20. The van der Waals surface area contributed by atoms with E-state index in [1.807, 2.05) is 48.5 Å². The Balaban J connectivity index is 1.41. The Bertz CT molecular complexity index is 2000. The van der Waals surface area contributed by atoms with E-state index in [4.69, 9.17) is 36.9 Å². The van der Waals surface area contributed by atoms with E-state index in [0.717, 1.165) is 21.7 Å². The minimum absolute atomic E-state index is 0.125. The summed E-state index contributed by atoms with van der Waals surface area (Å²) in [4.78, 5) is 16.0. The van der Waals surface area contributed by atoms with Gasteiger partial charge in [0.15, 0.2) is 5.65 Å². The minimum atomic E-state index is -0.365. The number of hydrogen-bond donors (Lipinski definition) is 2. The van der Waals surface area contributed by atoms with Gasteiger partial charge in [0, 0.05) is 41.2 Å². The number of rotatable bonds is 9. The van der Waals surface area contributed by atoms with E-state index in [1.54, 1.807) is 30.0 Å². The molecule has 3 aromatic carbocycles. The fourth-order valence-electron chi connectivity index (χ4n) is 5.08. The number of phenols is 1. The lowest BCUT2D eigenvalue weighted by molar-refractivity contribution is 0.0877. The zero-order valence-electron chi connectivity index (χ0n) is 24.0. The first kappa shape index (κ1) is 29.1. The number of hydrogen-bond acceptors (Lipinski definition) is 9. The van der Waals surface area contributed by atoms with E-state index in [9.17, 15) is 5.11 Å². The van der Waals surface area contributed by atoms with E-state index < -0.39 is 0 Å². The molecule has 44 heavy (non-hydrogen) atoms. The van der Waals surface area contributed by atoms with Crippen LogP contribution in [0.3, 0.4) is 0 Å². The number of aromatic nitrogens is 4. The maximum Gasteiger partial charge on any atom is 0.164 e. The van der Waals surface area contributed by atoms with E-state index in [1.165, 1.54) is 6.33 Å². The Hall–Kier alpha value is -4.95. The molecule has 11 heteroatoms. The highest BCUT2D eigenvalue weighted by atomic mass is 35.5. The van der Waals surface area contributed by atoms with Crippen molar-refractivity contribution < 1.29 is 14.6 Å². The van der Waals surface area contributed by atoms with Gasteiger partial charge in [0.1, 0.15) is 36.4 Å². The standard InChI is InChI=1S/C33H30ClN7O3/c1-43-15-16-44-14-6-10-22-8-5-13-28-26(22)19-40(18-24-7-2-3-12-27(24)34)29(38-28)20-41-33-30(32(35)36-21-37-33)31(39-41)23-9-4-11-25(42)17-23/h2-5,7-9,11-13,17,19,21,29,42H,14-16,18,20H2,1H3,(H2,35,36,37). The molecule has 0 amide bonds. The number of methoxy groups -OCH3 is 1. The molecule has 5 aromatic rings. The summed E-state index contributed by atoms with van der Waals surface area (Å²) >= 11 is 6.60. The van der Waals surface area contributed by atoms with Crippen molar-refractivity contribution in [1.29, 1.82) is 0 Å². The van der Waals surface area contributed by atoms with Crippen LogP contribution in [0.25, 0.3) is 28.5 Å². The largest absolute Gasteiger partial charge is 0.508 e. The smallest absolute Gasteiger partial charge is 0.164 e. The normalized spacial score (nSPS) is 14.0. The lowest BCUT2D eigenvalue weighted by atomic mass is 10.1. The predicted octanol–water partition coefficient (Wildman–Crippen LogP) is 3.35. The molecule has 0 fully saturated rings. The van der Waals surface area contributed by atoms with Gasteiger partial charge in [-0.1, -0.05) is 59.8 Å². The van der Waals surface area contributed by atoms with Crippen molar-refractivity contribution in [2.45, 2.75) is 19.3 Å². The van der Waals surface area contributed by atoms with Crippen LogP contribution in [0.15, 0.2) is 78.0 Å². The fraction of sp³-hybridized carbons (Fsp3) is 0.212. The molecule has 2 aromatic heterocycles. The van der Waals surface area contributed by atoms with Gasteiger partial charge in [0.05, 0.1) is 30.5 Å². The summed E-state index contributed by atoms with van der Waals surface area (Å²) in [6.07, 6.45) is 3.14. The van der Waals surface area contributed by atoms with Gasteiger partial charge < -0.3 is 25.2 Å². The highest BCUT2D eigenvalue weighted by Crippen LogP contribution is 2.32. The van der Waals surface area contributed by atoms with Crippen LogP contribution in [0, 0.1) is 11.8 Å². The van der Waals surface area contributed by atoms with Gasteiger partial charge in [-0.2, -0.15) is 5.10 Å². The van der Waals surface area contributed by atoms with Crippen LogP contribution < -0.4 is 16.3 Å². The lowest BCUT2D eigenvalue weighted by Gasteiger charge is -2.30. The average molecular weight is 608 g/mol. The molecule has 0 saturated carbocycles. The molecule has 0 radical (unpaired) electrons. The molecule has 3 N–H and O–H groups in total. The predicted molar refractivity (Wildman–Crippen MR) is 169 cm³/mol. The van der Waals surface area contributed by atoms with E-state index >= 15 is 0 Å². The summed E-state index contributed by atoms with van der Waals surface area (Å²) in [6, 6.07) is 20.5. The summed E-state index contributed by atoms with van der Waals surface area (Å²) < 4.78 is 12.3. The molecule has 3 heterocycles. The lowest BCUT2D eigenvalue weighted by Crippen LogP contribution is -2.44. The van der Waals surface area contributed by atoms with Gasteiger partial charge in [0.25, 0.3) is 0 Å². The van der Waals surface area contributed by atoms with Gasteiger partial charge in [0.2, 0.25) is 0 Å². The molecule has 1 aliphatic rings. The Kier molecular flexibility index (Phi) is 8.70. The molecular weight excluding hydrogens is 578 g/mol. The third kappa shape index (κ3) is 6.21. The van der Waals surface area contributed by atoms with Crippen LogP contribution in [0.4, 0.5) is 5.82 Å². The van der Waals surface area contributed by atoms with Crippen LogP contribution in [0.5, 0.6) is 5.75 Å². The molecule has 0 aliphatic carbocycles. The van der Waals surface area contributed by atoms with Crippen molar-refractivity contribution in [3.05, 3.63) is 99.8 Å². The maximum absolute atomic E-state index is 10.1. The second-order valence-corrected chi connectivity index (χ2v) is 10.5. The molecule has 0 spiro atoms. The first-order chi connectivity index (χ1) is 21.5. The molecule has 1 atom stereocenters. The summed E-state index contributed by atoms with van der Waals surface area (Å²) in [5.41, 5.74) is 9.99. The van der Waals surface area contributed by atoms with Crippen LogP contribution >= 0.6 is 11.6 Å². The summed E-state index contributed by atoms with van der Waals surface area (Å²) in [6.45, 7) is 2.17. The molecule has 222 valence electrons.